The first-order valence-corrected chi connectivity index (χ1v) is 7.29. The van der Waals surface area contributed by atoms with Crippen molar-refractivity contribution < 1.29 is 19.4 Å². The molecular formula is C14H24N2O4. The first kappa shape index (κ1) is 15.1. The fourth-order valence-corrected chi connectivity index (χ4v) is 3.03. The van der Waals surface area contributed by atoms with E-state index in [-0.39, 0.29) is 23.5 Å². The van der Waals surface area contributed by atoms with Gasteiger partial charge in [0, 0.05) is 12.6 Å². The molecule has 2 atom stereocenters. The summed E-state index contributed by atoms with van der Waals surface area (Å²) in [6.45, 7) is 5.62. The van der Waals surface area contributed by atoms with Crippen LogP contribution < -0.4 is 5.32 Å². The van der Waals surface area contributed by atoms with E-state index in [0.717, 1.165) is 12.8 Å². The number of carboxylic acids is 1. The summed E-state index contributed by atoms with van der Waals surface area (Å²) in [5.74, 6) is -1.08. The summed E-state index contributed by atoms with van der Waals surface area (Å²) in [5, 5.41) is 12.1. The quantitative estimate of drug-likeness (QED) is 0.804. The molecule has 2 N–H and O–H groups in total. The molecule has 1 heterocycles. The van der Waals surface area contributed by atoms with E-state index in [1.54, 1.807) is 4.90 Å². The molecule has 0 aromatic rings. The van der Waals surface area contributed by atoms with Crippen LogP contribution in [-0.2, 0) is 9.53 Å². The third kappa shape index (κ3) is 3.42. The molecule has 2 rings (SSSR count). The monoisotopic (exact) mass is 284 g/mol. The number of rotatable bonds is 2. The SMILES string of the molecule is CC1(C)COCCN1C(=O)NC1CCCC(C(=O)O)C1. The van der Waals surface area contributed by atoms with Gasteiger partial charge >= 0.3 is 12.0 Å². The molecule has 0 bridgehead atoms. The van der Waals surface area contributed by atoms with Crippen LogP contribution in [0.5, 0.6) is 0 Å². The molecule has 0 radical (unpaired) electrons. The minimum Gasteiger partial charge on any atom is -0.481 e. The van der Waals surface area contributed by atoms with Gasteiger partial charge in [0.2, 0.25) is 0 Å². The van der Waals surface area contributed by atoms with Gasteiger partial charge in [-0.3, -0.25) is 4.79 Å². The molecule has 2 fully saturated rings. The van der Waals surface area contributed by atoms with Crippen LogP contribution >= 0.6 is 0 Å². The summed E-state index contributed by atoms with van der Waals surface area (Å²) in [6, 6.07) is -0.134. The van der Waals surface area contributed by atoms with E-state index >= 15 is 0 Å². The van der Waals surface area contributed by atoms with Crippen molar-refractivity contribution in [1.29, 1.82) is 0 Å². The number of amides is 2. The Morgan fingerprint density at radius 3 is 2.75 bits per heavy atom. The second-order valence-electron chi connectivity index (χ2n) is 6.36. The Hall–Kier alpha value is -1.30. The van der Waals surface area contributed by atoms with Gasteiger partial charge in [-0.2, -0.15) is 0 Å². The highest BCUT2D eigenvalue weighted by atomic mass is 16.5. The van der Waals surface area contributed by atoms with E-state index < -0.39 is 5.97 Å². The lowest BCUT2D eigenvalue weighted by Crippen LogP contribution is -2.59. The summed E-state index contributed by atoms with van der Waals surface area (Å²) in [6.07, 6.45) is 2.96. The molecule has 2 amide bonds. The second-order valence-corrected chi connectivity index (χ2v) is 6.36. The molecular weight excluding hydrogens is 260 g/mol. The van der Waals surface area contributed by atoms with Gasteiger partial charge in [-0.1, -0.05) is 6.42 Å². The van der Waals surface area contributed by atoms with Gasteiger partial charge in [-0.15, -0.1) is 0 Å². The molecule has 0 aromatic carbocycles. The average Bonchev–Trinajstić information content (AvgIpc) is 2.38. The highest BCUT2D eigenvalue weighted by Gasteiger charge is 2.36. The van der Waals surface area contributed by atoms with E-state index in [0.29, 0.717) is 32.6 Å². The molecule has 2 aliphatic rings. The second kappa shape index (κ2) is 5.99. The summed E-state index contributed by atoms with van der Waals surface area (Å²) in [5.41, 5.74) is -0.316. The number of hydrogen-bond donors (Lipinski definition) is 2. The largest absolute Gasteiger partial charge is 0.481 e. The molecule has 114 valence electrons. The topological polar surface area (TPSA) is 78.9 Å². The number of aliphatic carboxylic acids is 1. The molecule has 2 unspecified atom stereocenters. The lowest BCUT2D eigenvalue weighted by molar-refractivity contribution is -0.143. The van der Waals surface area contributed by atoms with Crippen molar-refractivity contribution in [3.8, 4) is 0 Å². The molecule has 0 spiro atoms. The van der Waals surface area contributed by atoms with E-state index in [4.69, 9.17) is 9.84 Å². The Morgan fingerprint density at radius 1 is 1.35 bits per heavy atom. The van der Waals surface area contributed by atoms with Crippen molar-refractivity contribution >= 4 is 12.0 Å². The maximum absolute atomic E-state index is 12.4. The zero-order valence-electron chi connectivity index (χ0n) is 12.2. The van der Waals surface area contributed by atoms with Crippen molar-refractivity contribution in [3.63, 3.8) is 0 Å². The summed E-state index contributed by atoms with van der Waals surface area (Å²) in [4.78, 5) is 25.2. The Bertz CT molecular complexity index is 383. The maximum atomic E-state index is 12.4. The summed E-state index contributed by atoms with van der Waals surface area (Å²) < 4.78 is 5.40. The third-order valence-electron chi connectivity index (χ3n) is 4.24. The van der Waals surface area contributed by atoms with Crippen LogP contribution in [0.3, 0.4) is 0 Å². The predicted octanol–water partition coefficient (Wildman–Crippen LogP) is 1.45. The lowest BCUT2D eigenvalue weighted by Gasteiger charge is -2.43. The fourth-order valence-electron chi connectivity index (χ4n) is 3.03. The average molecular weight is 284 g/mol. The van der Waals surface area contributed by atoms with Crippen molar-refractivity contribution in [1.82, 2.24) is 10.2 Å². The number of carbonyl (C=O) groups is 2. The van der Waals surface area contributed by atoms with E-state index in [1.165, 1.54) is 0 Å². The lowest BCUT2D eigenvalue weighted by atomic mass is 9.86. The molecule has 1 aliphatic heterocycles. The maximum Gasteiger partial charge on any atom is 0.318 e. The minimum atomic E-state index is -0.754. The number of morpholine rings is 1. The van der Waals surface area contributed by atoms with Gasteiger partial charge < -0.3 is 20.1 Å². The van der Waals surface area contributed by atoms with Crippen LogP contribution in [-0.4, -0.2) is 53.3 Å². The van der Waals surface area contributed by atoms with Gasteiger partial charge in [0.25, 0.3) is 0 Å². The number of nitrogens with one attached hydrogen (secondary N) is 1. The van der Waals surface area contributed by atoms with Crippen molar-refractivity contribution in [3.05, 3.63) is 0 Å². The molecule has 0 aromatic heterocycles. The van der Waals surface area contributed by atoms with E-state index in [1.807, 2.05) is 13.8 Å². The first-order valence-electron chi connectivity index (χ1n) is 7.29. The fraction of sp³-hybridized carbons (Fsp3) is 0.857. The molecule has 1 aliphatic carbocycles. The van der Waals surface area contributed by atoms with Crippen LogP contribution in [0.25, 0.3) is 0 Å². The predicted molar refractivity (Wildman–Crippen MR) is 73.5 cm³/mol. The number of ether oxygens (including phenoxy) is 1. The molecule has 6 nitrogen and oxygen atoms in total. The van der Waals surface area contributed by atoms with Crippen LogP contribution in [0.15, 0.2) is 0 Å². The molecule has 6 heteroatoms. The van der Waals surface area contributed by atoms with Gasteiger partial charge in [0.1, 0.15) is 0 Å². The van der Waals surface area contributed by atoms with Crippen LogP contribution in [0.1, 0.15) is 39.5 Å². The number of nitrogens with zero attached hydrogens (tertiary/aromatic N) is 1. The number of carbonyl (C=O) groups excluding carboxylic acids is 1. The molecule has 20 heavy (non-hydrogen) atoms. The van der Waals surface area contributed by atoms with Crippen molar-refractivity contribution in [2.75, 3.05) is 19.8 Å². The van der Waals surface area contributed by atoms with E-state index in [2.05, 4.69) is 5.32 Å². The smallest absolute Gasteiger partial charge is 0.318 e. The van der Waals surface area contributed by atoms with Gasteiger partial charge in [-0.05, 0) is 33.1 Å². The highest BCUT2D eigenvalue weighted by Crippen LogP contribution is 2.25. The Balaban J connectivity index is 1.92. The highest BCUT2D eigenvalue weighted by molar-refractivity contribution is 5.76. The Morgan fingerprint density at radius 2 is 2.10 bits per heavy atom. The van der Waals surface area contributed by atoms with Gasteiger partial charge in [-0.25, -0.2) is 4.79 Å². The minimum absolute atomic E-state index is 0.0315. The standard InChI is InChI=1S/C14H24N2O4/c1-14(2)9-20-7-6-16(14)13(19)15-11-5-3-4-10(8-11)12(17)18/h10-11H,3-9H2,1-2H3,(H,15,19)(H,17,18). The van der Waals surface area contributed by atoms with Crippen molar-refractivity contribution in [2.45, 2.75) is 51.1 Å². The molecule has 1 saturated heterocycles. The zero-order chi connectivity index (χ0) is 14.8. The van der Waals surface area contributed by atoms with E-state index in [9.17, 15) is 9.59 Å². The number of hydrogen-bond acceptors (Lipinski definition) is 3. The number of carboxylic acid groups (broad SMARTS) is 1. The Labute approximate surface area is 119 Å². The number of urea groups is 1. The van der Waals surface area contributed by atoms with Crippen LogP contribution in [0, 0.1) is 5.92 Å². The van der Waals surface area contributed by atoms with Crippen LogP contribution in [0.4, 0.5) is 4.79 Å². The van der Waals surface area contributed by atoms with Gasteiger partial charge in [0.05, 0.1) is 24.7 Å². The molecule has 1 saturated carbocycles. The first-order chi connectivity index (χ1) is 9.40. The zero-order valence-corrected chi connectivity index (χ0v) is 12.2. The van der Waals surface area contributed by atoms with Crippen LogP contribution in [0.2, 0.25) is 0 Å². The Kier molecular flexibility index (Phi) is 4.52. The normalized spacial score (nSPS) is 29.8. The van der Waals surface area contributed by atoms with Gasteiger partial charge in [0.15, 0.2) is 0 Å². The summed E-state index contributed by atoms with van der Waals surface area (Å²) >= 11 is 0. The van der Waals surface area contributed by atoms with Crippen molar-refractivity contribution in [2.24, 2.45) is 5.92 Å². The third-order valence-corrected chi connectivity index (χ3v) is 4.24. The summed E-state index contributed by atoms with van der Waals surface area (Å²) in [7, 11) is 0.